The van der Waals surface area contributed by atoms with Crippen molar-refractivity contribution < 1.29 is 19.0 Å². The van der Waals surface area contributed by atoms with Gasteiger partial charge in [0, 0.05) is 23.4 Å². The first-order valence-electron chi connectivity index (χ1n) is 9.55. The van der Waals surface area contributed by atoms with Gasteiger partial charge in [-0.15, -0.1) is 0 Å². The first-order valence-corrected chi connectivity index (χ1v) is 10.5. The Morgan fingerprint density at radius 2 is 2.06 bits per heavy atom. The van der Waals surface area contributed by atoms with Crippen LogP contribution >= 0.6 is 11.8 Å². The minimum atomic E-state index is -0.315. The Bertz CT molecular complexity index is 1380. The fourth-order valence-corrected chi connectivity index (χ4v) is 3.92. The molecule has 0 spiro atoms. The third-order valence-electron chi connectivity index (χ3n) is 4.64. The zero-order valence-corrected chi connectivity index (χ0v) is 17.6. The molecule has 2 aromatic carbocycles. The number of hydrogen-bond acceptors (Lipinski definition) is 8. The second kappa shape index (κ2) is 8.27. The number of carbonyl (C=O) groups excluding carboxylic acids is 1. The van der Waals surface area contributed by atoms with Crippen LogP contribution in [0.15, 0.2) is 58.5 Å². The van der Waals surface area contributed by atoms with Gasteiger partial charge in [0.1, 0.15) is 5.75 Å². The van der Waals surface area contributed by atoms with Gasteiger partial charge >= 0.3 is 0 Å². The Morgan fingerprint density at radius 3 is 2.94 bits per heavy atom. The number of fused-ring (bicyclic) bond motifs is 2. The van der Waals surface area contributed by atoms with Gasteiger partial charge in [-0.25, -0.2) is 14.5 Å². The van der Waals surface area contributed by atoms with Crippen LogP contribution in [0.25, 0.3) is 17.0 Å². The first-order chi connectivity index (χ1) is 15.6. The molecule has 2 N–H and O–H groups in total. The van der Waals surface area contributed by atoms with Gasteiger partial charge in [0.25, 0.3) is 5.56 Å². The molecule has 0 bridgehead atoms. The fraction of sp³-hybridized carbons (Fsp3) is 0.143. The maximum Gasteiger partial charge on any atom is 0.266 e. The molecule has 3 heterocycles. The van der Waals surface area contributed by atoms with Crippen LogP contribution in [0.2, 0.25) is 0 Å². The van der Waals surface area contributed by atoms with E-state index in [0.29, 0.717) is 45.1 Å². The van der Waals surface area contributed by atoms with E-state index in [-0.39, 0.29) is 24.0 Å². The number of aromatic amines is 1. The Labute approximate surface area is 185 Å². The van der Waals surface area contributed by atoms with Crippen LogP contribution in [0.4, 0.5) is 5.69 Å². The van der Waals surface area contributed by atoms with Crippen molar-refractivity contribution in [2.75, 3.05) is 25.0 Å². The Kier molecular flexibility index (Phi) is 5.15. The lowest BCUT2D eigenvalue weighted by Gasteiger charge is -2.09. The van der Waals surface area contributed by atoms with Gasteiger partial charge < -0.3 is 19.5 Å². The van der Waals surface area contributed by atoms with Gasteiger partial charge in [0.2, 0.25) is 12.7 Å². The number of rotatable bonds is 6. The lowest BCUT2D eigenvalue weighted by molar-refractivity contribution is -0.113. The molecule has 4 aromatic rings. The third-order valence-corrected chi connectivity index (χ3v) is 5.58. The average Bonchev–Trinajstić information content (AvgIpc) is 3.42. The van der Waals surface area contributed by atoms with Crippen LogP contribution in [-0.2, 0) is 4.79 Å². The zero-order chi connectivity index (χ0) is 22.1. The molecular formula is C21H17N5O5S. The van der Waals surface area contributed by atoms with Crippen LogP contribution in [0.1, 0.15) is 0 Å². The van der Waals surface area contributed by atoms with Crippen LogP contribution in [0.3, 0.4) is 0 Å². The molecule has 0 fully saturated rings. The lowest BCUT2D eigenvalue weighted by Crippen LogP contribution is -2.15. The molecule has 0 saturated carbocycles. The van der Waals surface area contributed by atoms with Crippen LogP contribution in [-0.4, -0.2) is 45.1 Å². The number of methoxy groups -OCH3 is 1. The monoisotopic (exact) mass is 451 g/mol. The maximum absolute atomic E-state index is 12.5. The minimum absolute atomic E-state index is 0.0735. The molecule has 2 aromatic heterocycles. The quantitative estimate of drug-likeness (QED) is 0.429. The van der Waals surface area contributed by atoms with E-state index in [9.17, 15) is 9.59 Å². The number of aromatic nitrogens is 4. The Hall–Kier alpha value is -3.99. The number of nitrogens with zero attached hydrogens (tertiary/aromatic N) is 3. The summed E-state index contributed by atoms with van der Waals surface area (Å²) in [4.78, 5) is 33.4. The van der Waals surface area contributed by atoms with Crippen molar-refractivity contribution in [2.45, 2.75) is 5.16 Å². The molecule has 0 aliphatic carbocycles. The molecule has 162 valence electrons. The fourth-order valence-electron chi connectivity index (χ4n) is 3.17. The van der Waals surface area contributed by atoms with E-state index in [2.05, 4.69) is 20.4 Å². The smallest absolute Gasteiger partial charge is 0.266 e. The van der Waals surface area contributed by atoms with Crippen molar-refractivity contribution in [3.8, 4) is 28.6 Å². The molecule has 11 heteroatoms. The molecule has 10 nitrogen and oxygen atoms in total. The number of amides is 1. The minimum Gasteiger partial charge on any atom is -0.497 e. The number of ether oxygens (including phenoxy) is 3. The Balaban J connectivity index is 1.40. The maximum atomic E-state index is 12.5. The summed E-state index contributed by atoms with van der Waals surface area (Å²) >= 11 is 1.18. The van der Waals surface area contributed by atoms with Gasteiger partial charge in [-0.05, 0) is 30.3 Å². The van der Waals surface area contributed by atoms with Gasteiger partial charge in [0.05, 0.1) is 12.9 Å². The number of carbonyl (C=O) groups is 1. The summed E-state index contributed by atoms with van der Waals surface area (Å²) in [6.07, 6.45) is 0. The van der Waals surface area contributed by atoms with Crippen LogP contribution in [0.5, 0.6) is 17.2 Å². The molecule has 0 atom stereocenters. The highest BCUT2D eigenvalue weighted by molar-refractivity contribution is 7.99. The van der Waals surface area contributed by atoms with Crippen molar-refractivity contribution in [2.24, 2.45) is 0 Å². The SMILES string of the molecule is COc1cccc(NC(=O)CSc2nc(-c3ccc4c(c3)OCO4)nc3cc(=O)[nH]n23)c1. The summed E-state index contributed by atoms with van der Waals surface area (Å²) in [7, 11) is 1.56. The van der Waals surface area contributed by atoms with Gasteiger partial charge in [-0.2, -0.15) is 0 Å². The highest BCUT2D eigenvalue weighted by Gasteiger charge is 2.17. The summed E-state index contributed by atoms with van der Waals surface area (Å²) in [5, 5.41) is 5.90. The number of anilines is 1. The van der Waals surface area contributed by atoms with Crippen molar-refractivity contribution in [1.82, 2.24) is 19.6 Å². The molecule has 1 amide bonds. The molecule has 1 aliphatic heterocycles. The standard InChI is InChI=1S/C21H17N5O5S/c1-29-14-4-2-3-13(8-14)22-19(28)10-32-21-24-20(23-17-9-18(27)25-26(17)21)12-5-6-15-16(7-12)31-11-30-15/h2-9H,10-11H2,1H3,(H,22,28)(H,25,27). The summed E-state index contributed by atoms with van der Waals surface area (Å²) in [5.41, 5.74) is 1.41. The van der Waals surface area contributed by atoms with E-state index in [4.69, 9.17) is 14.2 Å². The molecule has 0 saturated heterocycles. The van der Waals surface area contributed by atoms with E-state index in [1.165, 1.54) is 22.3 Å². The third kappa shape index (κ3) is 3.97. The van der Waals surface area contributed by atoms with Crippen LogP contribution in [0, 0.1) is 0 Å². The van der Waals surface area contributed by atoms with E-state index >= 15 is 0 Å². The predicted molar refractivity (Wildman–Crippen MR) is 118 cm³/mol. The van der Waals surface area contributed by atoms with Crippen molar-refractivity contribution in [1.29, 1.82) is 0 Å². The predicted octanol–water partition coefficient (Wildman–Crippen LogP) is 2.55. The number of benzene rings is 2. The van der Waals surface area contributed by atoms with Gasteiger partial charge in [-0.1, -0.05) is 17.8 Å². The first kappa shape index (κ1) is 19.9. The van der Waals surface area contributed by atoms with E-state index < -0.39 is 0 Å². The highest BCUT2D eigenvalue weighted by Crippen LogP contribution is 2.35. The van der Waals surface area contributed by atoms with E-state index in [1.807, 2.05) is 6.07 Å². The van der Waals surface area contributed by atoms with E-state index in [0.717, 1.165) is 0 Å². The second-order valence-corrected chi connectivity index (χ2v) is 7.72. The second-order valence-electron chi connectivity index (χ2n) is 6.78. The van der Waals surface area contributed by atoms with Crippen LogP contribution < -0.4 is 25.1 Å². The number of thioether (sulfide) groups is 1. The van der Waals surface area contributed by atoms with Crippen molar-refractivity contribution >= 4 is 29.0 Å². The summed E-state index contributed by atoms with van der Waals surface area (Å²) in [6, 6.07) is 13.8. The van der Waals surface area contributed by atoms with Gasteiger partial charge in [-0.3, -0.25) is 14.7 Å². The Morgan fingerprint density at radius 1 is 1.19 bits per heavy atom. The summed E-state index contributed by atoms with van der Waals surface area (Å²) in [5.74, 6) is 2.14. The molecule has 0 radical (unpaired) electrons. The summed E-state index contributed by atoms with van der Waals surface area (Å²) in [6.45, 7) is 0.162. The molecule has 0 unspecified atom stereocenters. The normalized spacial score (nSPS) is 12.2. The number of hydrogen-bond donors (Lipinski definition) is 2. The molecule has 32 heavy (non-hydrogen) atoms. The topological polar surface area (TPSA) is 120 Å². The average molecular weight is 451 g/mol. The lowest BCUT2D eigenvalue weighted by atomic mass is 10.2. The zero-order valence-electron chi connectivity index (χ0n) is 16.8. The van der Waals surface area contributed by atoms with E-state index in [1.54, 1.807) is 43.5 Å². The number of nitrogens with one attached hydrogen (secondary N) is 2. The van der Waals surface area contributed by atoms with Gasteiger partial charge in [0.15, 0.2) is 28.1 Å². The summed E-state index contributed by atoms with van der Waals surface area (Å²) < 4.78 is 17.4. The largest absolute Gasteiger partial charge is 0.497 e. The number of H-pyrrole nitrogens is 1. The molecular weight excluding hydrogens is 434 g/mol. The van der Waals surface area contributed by atoms with Crippen molar-refractivity contribution in [3.05, 3.63) is 58.9 Å². The highest BCUT2D eigenvalue weighted by atomic mass is 32.2. The molecule has 1 aliphatic rings. The molecule has 5 rings (SSSR count). The van der Waals surface area contributed by atoms with Crippen molar-refractivity contribution in [3.63, 3.8) is 0 Å².